The van der Waals surface area contributed by atoms with Crippen LogP contribution >= 0.6 is 0 Å². The standard InChI is InChI=1S/C13H17NO2/c1-2-6-14-7-4-3-5-10-8-12(15)13(16)9-11(10)14/h8-9H,2-7H2,1H3/p+1. The molecule has 1 N–H and O–H groups in total. The lowest BCUT2D eigenvalue weighted by Crippen LogP contribution is -2.25. The predicted octanol–water partition coefficient (Wildman–Crippen LogP) is 1.98. The zero-order chi connectivity index (χ0) is 11.5. The molecule has 0 aromatic carbocycles. The lowest BCUT2D eigenvalue weighted by Gasteiger charge is -2.10. The maximum absolute atomic E-state index is 11.4. The molecule has 0 spiro atoms. The second-order valence-electron chi connectivity index (χ2n) is 4.39. The van der Waals surface area contributed by atoms with Crippen LogP contribution in [0.15, 0.2) is 23.5 Å². The van der Waals surface area contributed by atoms with Gasteiger partial charge < -0.3 is 5.11 Å². The highest BCUT2D eigenvalue weighted by atomic mass is 16.3. The Morgan fingerprint density at radius 3 is 2.94 bits per heavy atom. The minimum atomic E-state index is -0.253. The molecule has 86 valence electrons. The second kappa shape index (κ2) is 4.64. The largest absolute Gasteiger partial charge is 0.504 e. The van der Waals surface area contributed by atoms with Crippen molar-refractivity contribution in [1.29, 1.82) is 0 Å². The maximum Gasteiger partial charge on any atom is 0.220 e. The molecule has 0 saturated heterocycles. The molecule has 2 rings (SSSR count). The third-order valence-electron chi connectivity index (χ3n) is 3.12. The van der Waals surface area contributed by atoms with Crippen LogP contribution in [0.5, 0.6) is 0 Å². The molecule has 0 atom stereocenters. The van der Waals surface area contributed by atoms with E-state index in [1.807, 2.05) is 0 Å². The zero-order valence-electron chi connectivity index (χ0n) is 9.70. The first-order chi connectivity index (χ1) is 7.72. The van der Waals surface area contributed by atoms with Gasteiger partial charge in [-0.25, -0.2) is 4.58 Å². The lowest BCUT2D eigenvalue weighted by atomic mass is 9.97. The second-order valence-corrected chi connectivity index (χ2v) is 4.39. The third-order valence-corrected chi connectivity index (χ3v) is 3.12. The minimum absolute atomic E-state index is 0.123. The Morgan fingerprint density at radius 1 is 1.38 bits per heavy atom. The van der Waals surface area contributed by atoms with Crippen LogP contribution in [0.4, 0.5) is 0 Å². The van der Waals surface area contributed by atoms with Crippen LogP contribution in [0.1, 0.15) is 32.6 Å². The molecule has 1 aliphatic carbocycles. The van der Waals surface area contributed by atoms with Gasteiger partial charge in [0.2, 0.25) is 11.5 Å². The van der Waals surface area contributed by atoms with E-state index in [0.717, 1.165) is 50.1 Å². The SMILES string of the molecule is CCC[N+]1=C2C=C(O)C(=O)C=C2CCCC1. The number of aliphatic hydroxyl groups is 1. The van der Waals surface area contributed by atoms with Gasteiger partial charge in [0.25, 0.3) is 0 Å². The van der Waals surface area contributed by atoms with Crippen molar-refractivity contribution in [2.24, 2.45) is 0 Å². The van der Waals surface area contributed by atoms with Gasteiger partial charge in [-0.15, -0.1) is 0 Å². The van der Waals surface area contributed by atoms with Gasteiger partial charge in [-0.05, 0) is 18.9 Å². The number of fused-ring (bicyclic) bond motifs is 1. The summed E-state index contributed by atoms with van der Waals surface area (Å²) in [4.78, 5) is 11.4. The van der Waals surface area contributed by atoms with Crippen LogP contribution in [0.2, 0.25) is 0 Å². The number of hydrogen-bond acceptors (Lipinski definition) is 2. The molecular formula is C13H18NO2+. The molecule has 2 aliphatic rings. The highest BCUT2D eigenvalue weighted by molar-refractivity contribution is 6.19. The van der Waals surface area contributed by atoms with E-state index in [1.54, 1.807) is 12.2 Å². The molecule has 3 nitrogen and oxygen atoms in total. The van der Waals surface area contributed by atoms with Gasteiger partial charge in [0.1, 0.15) is 13.1 Å². The number of hydrogen-bond donors (Lipinski definition) is 1. The summed E-state index contributed by atoms with van der Waals surface area (Å²) in [6, 6.07) is 0. The van der Waals surface area contributed by atoms with Gasteiger partial charge in [0, 0.05) is 18.4 Å². The van der Waals surface area contributed by atoms with E-state index in [1.165, 1.54) is 0 Å². The Hall–Kier alpha value is -1.38. The Bertz CT molecular complexity index is 402. The van der Waals surface area contributed by atoms with Crippen molar-refractivity contribution in [3.8, 4) is 0 Å². The normalized spacial score (nSPS) is 21.2. The summed E-state index contributed by atoms with van der Waals surface area (Å²) in [6.07, 6.45) is 7.54. The van der Waals surface area contributed by atoms with Crippen LogP contribution in [-0.4, -0.2) is 34.3 Å². The van der Waals surface area contributed by atoms with Crippen molar-refractivity contribution in [3.05, 3.63) is 23.5 Å². The summed E-state index contributed by atoms with van der Waals surface area (Å²) in [5.74, 6) is -0.376. The Labute approximate surface area is 95.8 Å². The molecule has 3 heteroatoms. The van der Waals surface area contributed by atoms with E-state index in [0.29, 0.717) is 0 Å². The van der Waals surface area contributed by atoms with Gasteiger partial charge in [0.05, 0.1) is 6.08 Å². The first kappa shape index (κ1) is 11.1. The summed E-state index contributed by atoms with van der Waals surface area (Å²) in [6.45, 7) is 4.16. The fourth-order valence-corrected chi connectivity index (χ4v) is 2.33. The Balaban J connectivity index is 2.42. The average Bonchev–Trinajstić information content (AvgIpc) is 2.44. The third kappa shape index (κ3) is 2.08. The number of allylic oxidation sites excluding steroid dienone is 3. The maximum atomic E-state index is 11.4. The summed E-state index contributed by atoms with van der Waals surface area (Å²) < 4.78 is 2.28. The molecular weight excluding hydrogens is 202 g/mol. The number of rotatable bonds is 2. The van der Waals surface area contributed by atoms with Crippen LogP contribution in [-0.2, 0) is 4.79 Å². The first-order valence-corrected chi connectivity index (χ1v) is 6.00. The predicted molar refractivity (Wildman–Crippen MR) is 62.9 cm³/mol. The fourth-order valence-electron chi connectivity index (χ4n) is 2.33. The molecule has 0 saturated carbocycles. The van der Waals surface area contributed by atoms with Gasteiger partial charge in [-0.3, -0.25) is 4.79 Å². The smallest absolute Gasteiger partial charge is 0.220 e. The average molecular weight is 220 g/mol. The van der Waals surface area contributed by atoms with E-state index in [9.17, 15) is 9.90 Å². The fraction of sp³-hybridized carbons (Fsp3) is 0.538. The van der Waals surface area contributed by atoms with Crippen LogP contribution in [0.25, 0.3) is 0 Å². The van der Waals surface area contributed by atoms with E-state index in [2.05, 4.69) is 11.5 Å². The summed E-state index contributed by atoms with van der Waals surface area (Å²) >= 11 is 0. The number of nitrogens with zero attached hydrogens (tertiary/aromatic N) is 1. The lowest BCUT2D eigenvalue weighted by molar-refractivity contribution is -0.526. The number of carbonyl (C=O) groups is 1. The van der Waals surface area contributed by atoms with Gasteiger partial charge >= 0.3 is 0 Å². The van der Waals surface area contributed by atoms with Crippen molar-refractivity contribution >= 4 is 11.5 Å². The number of carbonyl (C=O) groups excluding carboxylic acids is 1. The van der Waals surface area contributed by atoms with Crippen LogP contribution in [0, 0.1) is 0 Å². The topological polar surface area (TPSA) is 40.3 Å². The van der Waals surface area contributed by atoms with Crippen molar-refractivity contribution in [2.75, 3.05) is 13.1 Å². The molecule has 1 aliphatic heterocycles. The molecule has 0 bridgehead atoms. The summed E-state index contributed by atoms with van der Waals surface area (Å²) in [5.41, 5.74) is 2.14. The van der Waals surface area contributed by atoms with E-state index >= 15 is 0 Å². The minimum Gasteiger partial charge on any atom is -0.504 e. The first-order valence-electron chi connectivity index (χ1n) is 6.00. The Kier molecular flexibility index (Phi) is 3.22. The van der Waals surface area contributed by atoms with Crippen molar-refractivity contribution in [1.82, 2.24) is 0 Å². The zero-order valence-corrected chi connectivity index (χ0v) is 9.70. The van der Waals surface area contributed by atoms with Crippen LogP contribution in [0.3, 0.4) is 0 Å². The summed E-state index contributed by atoms with van der Waals surface area (Å²) in [5, 5.41) is 9.51. The van der Waals surface area contributed by atoms with E-state index < -0.39 is 0 Å². The van der Waals surface area contributed by atoms with Crippen LogP contribution < -0.4 is 0 Å². The van der Waals surface area contributed by atoms with Gasteiger partial charge in [-0.2, -0.15) is 0 Å². The van der Waals surface area contributed by atoms with Crippen molar-refractivity contribution in [2.45, 2.75) is 32.6 Å². The van der Waals surface area contributed by atoms with E-state index in [4.69, 9.17) is 0 Å². The number of aliphatic hydroxyl groups excluding tert-OH is 1. The molecule has 1 heterocycles. The molecule has 0 fully saturated rings. The van der Waals surface area contributed by atoms with Gasteiger partial charge in [0.15, 0.2) is 5.76 Å². The monoisotopic (exact) mass is 220 g/mol. The molecule has 0 aromatic heterocycles. The van der Waals surface area contributed by atoms with Crippen molar-refractivity contribution < 1.29 is 14.5 Å². The van der Waals surface area contributed by atoms with E-state index in [-0.39, 0.29) is 11.5 Å². The Morgan fingerprint density at radius 2 is 2.19 bits per heavy atom. The molecule has 0 amide bonds. The molecule has 0 unspecified atom stereocenters. The van der Waals surface area contributed by atoms with Gasteiger partial charge in [-0.1, -0.05) is 6.92 Å². The summed E-state index contributed by atoms with van der Waals surface area (Å²) in [7, 11) is 0. The number of ketones is 1. The molecule has 0 aromatic rings. The molecule has 16 heavy (non-hydrogen) atoms. The quantitative estimate of drug-likeness (QED) is 0.571. The molecule has 0 radical (unpaired) electrons. The highest BCUT2D eigenvalue weighted by Crippen LogP contribution is 2.20. The highest BCUT2D eigenvalue weighted by Gasteiger charge is 2.26. The van der Waals surface area contributed by atoms with Crippen molar-refractivity contribution in [3.63, 3.8) is 0 Å².